The Labute approximate surface area is 358 Å². The molecule has 63 heavy (non-hydrogen) atoms. The van der Waals surface area contributed by atoms with Gasteiger partial charge in [-0.05, 0) is 56.5 Å². The van der Waals surface area contributed by atoms with E-state index in [1.165, 1.54) is 24.0 Å². The number of rotatable bonds is 17. The van der Waals surface area contributed by atoms with E-state index in [2.05, 4.69) is 30.1 Å². The maximum Gasteiger partial charge on any atom is 0.475 e. The average molecular weight is 899 g/mol. The SMILES string of the molecule is [C-]#[N+]CCOP(=O)(OCC1OC(n2cnc3c(=O)[nH]c(NC(=O)C(C)C)nc32)CC1OC(=O)COC(=O)c1cc(C)c(C)c(C)c1)OC1CC(n2cc(C)c(=O)[nH]c2=O)OC1CO. The van der Waals surface area contributed by atoms with E-state index in [0.717, 1.165) is 21.3 Å². The number of carbonyl (C=O) groups is 3. The van der Waals surface area contributed by atoms with Gasteiger partial charge in [-0.25, -0.2) is 30.5 Å². The van der Waals surface area contributed by atoms with Gasteiger partial charge >= 0.3 is 25.5 Å². The quantitative estimate of drug-likeness (QED) is 0.0512. The number of nitrogens with zero attached hydrogens (tertiary/aromatic N) is 5. The lowest BCUT2D eigenvalue weighted by atomic mass is 10.0. The van der Waals surface area contributed by atoms with Crippen molar-refractivity contribution in [2.24, 2.45) is 5.92 Å². The Morgan fingerprint density at radius 3 is 2.35 bits per heavy atom. The van der Waals surface area contributed by atoms with Crippen molar-refractivity contribution >= 4 is 42.8 Å². The highest BCUT2D eigenvalue weighted by molar-refractivity contribution is 7.48. The van der Waals surface area contributed by atoms with Crippen LogP contribution < -0.4 is 22.1 Å². The Bertz CT molecular complexity index is 2630. The third-order valence-corrected chi connectivity index (χ3v) is 11.9. The number of benzene rings is 1. The van der Waals surface area contributed by atoms with Crippen molar-refractivity contribution in [2.45, 2.75) is 91.3 Å². The van der Waals surface area contributed by atoms with E-state index in [9.17, 15) is 38.4 Å². The summed E-state index contributed by atoms with van der Waals surface area (Å²) < 4.78 is 57.0. The molecule has 23 nitrogen and oxygen atoms in total. The number of hydrogen-bond donors (Lipinski definition) is 4. The Kier molecular flexibility index (Phi) is 14.6. The summed E-state index contributed by atoms with van der Waals surface area (Å²) in [6, 6.07) is 3.28. The highest BCUT2D eigenvalue weighted by Crippen LogP contribution is 2.53. The zero-order valence-electron chi connectivity index (χ0n) is 35.1. The summed E-state index contributed by atoms with van der Waals surface area (Å²) in [7, 11) is -4.72. The van der Waals surface area contributed by atoms with Crippen LogP contribution in [0.3, 0.4) is 0 Å². The second-order valence-corrected chi connectivity index (χ2v) is 16.8. The van der Waals surface area contributed by atoms with Gasteiger partial charge in [-0.15, -0.1) is 0 Å². The van der Waals surface area contributed by atoms with Crippen LogP contribution in [0.4, 0.5) is 5.95 Å². The molecule has 0 saturated carbocycles. The third kappa shape index (κ3) is 10.9. The summed E-state index contributed by atoms with van der Waals surface area (Å²) in [5.74, 6) is -2.78. The van der Waals surface area contributed by atoms with Gasteiger partial charge in [-0.1, -0.05) is 13.8 Å². The fourth-order valence-electron chi connectivity index (χ4n) is 6.74. The summed E-state index contributed by atoms with van der Waals surface area (Å²) in [6.45, 7) is 14.8. The molecule has 0 spiro atoms. The smallest absolute Gasteiger partial charge is 0.457 e. The van der Waals surface area contributed by atoms with Crippen LogP contribution >= 0.6 is 7.82 Å². The lowest BCUT2D eigenvalue weighted by Crippen LogP contribution is -2.33. The number of H-pyrrole nitrogens is 2. The number of aromatic amines is 2. The number of amides is 1. The minimum Gasteiger partial charge on any atom is -0.457 e. The number of nitrogens with one attached hydrogen (secondary N) is 3. The Hall–Kier alpha value is -5.86. The molecule has 5 heterocycles. The topological polar surface area (TPSA) is 288 Å². The first-order valence-electron chi connectivity index (χ1n) is 19.8. The van der Waals surface area contributed by atoms with Gasteiger partial charge in [-0.2, -0.15) is 4.98 Å². The van der Waals surface area contributed by atoms with Crippen molar-refractivity contribution in [1.82, 2.24) is 29.1 Å². The monoisotopic (exact) mass is 898 g/mol. The maximum absolute atomic E-state index is 14.3. The second kappa shape index (κ2) is 19.7. The molecule has 0 bridgehead atoms. The zero-order chi connectivity index (χ0) is 45.7. The Balaban J connectivity index is 1.24. The Morgan fingerprint density at radius 2 is 1.67 bits per heavy atom. The minimum absolute atomic E-state index is 0.00817. The van der Waals surface area contributed by atoms with Crippen LogP contribution in [0.5, 0.6) is 0 Å². The number of ether oxygens (including phenoxy) is 4. The van der Waals surface area contributed by atoms with E-state index in [-0.39, 0.29) is 47.6 Å². The fraction of sp³-hybridized carbons (Fsp3) is 0.513. The fourth-order valence-corrected chi connectivity index (χ4v) is 8.12. The van der Waals surface area contributed by atoms with Crippen LogP contribution in [0.1, 0.15) is 71.8 Å². The van der Waals surface area contributed by atoms with E-state index in [4.69, 9.17) is 39.1 Å². The molecule has 1 amide bonds. The van der Waals surface area contributed by atoms with Crippen LogP contribution in [0.2, 0.25) is 0 Å². The molecule has 7 atom stereocenters. The predicted molar refractivity (Wildman–Crippen MR) is 218 cm³/mol. The van der Waals surface area contributed by atoms with Crippen LogP contribution in [0, 0.1) is 40.2 Å². The largest absolute Gasteiger partial charge is 0.475 e. The molecule has 24 heteroatoms. The number of anilines is 1. The third-order valence-electron chi connectivity index (χ3n) is 10.4. The highest BCUT2D eigenvalue weighted by Gasteiger charge is 2.46. The predicted octanol–water partition coefficient (Wildman–Crippen LogP) is 2.28. The number of aryl methyl sites for hydroxylation is 3. The summed E-state index contributed by atoms with van der Waals surface area (Å²) in [4.78, 5) is 92.6. The van der Waals surface area contributed by atoms with Gasteiger partial charge in [0.1, 0.15) is 43.5 Å². The summed E-state index contributed by atoms with van der Waals surface area (Å²) >= 11 is 0. The molecular formula is C39H47N8O15P. The molecule has 2 saturated heterocycles. The number of aliphatic hydroxyl groups is 1. The first-order chi connectivity index (χ1) is 29.9. The van der Waals surface area contributed by atoms with Crippen molar-refractivity contribution < 1.29 is 56.6 Å². The molecule has 3 aromatic heterocycles. The van der Waals surface area contributed by atoms with E-state index in [1.54, 1.807) is 26.0 Å². The maximum atomic E-state index is 14.3. The second-order valence-electron chi connectivity index (χ2n) is 15.2. The number of aromatic nitrogens is 6. The van der Waals surface area contributed by atoms with Gasteiger partial charge in [-0.3, -0.25) is 52.4 Å². The van der Waals surface area contributed by atoms with Gasteiger partial charge in [0.05, 0.1) is 25.1 Å². The first-order valence-corrected chi connectivity index (χ1v) is 21.2. The zero-order valence-corrected chi connectivity index (χ0v) is 36.0. The average Bonchev–Trinajstić information content (AvgIpc) is 3.96. The molecule has 4 N–H and O–H groups in total. The number of esters is 2. The number of fused-ring (bicyclic) bond motifs is 1. The van der Waals surface area contributed by atoms with Crippen LogP contribution in [-0.2, 0) is 46.7 Å². The van der Waals surface area contributed by atoms with Gasteiger partial charge in [0.2, 0.25) is 18.4 Å². The molecule has 2 aliphatic rings. The standard InChI is InChI=1S/C39H47N8O15P/c1-19(2)34(50)43-38-42-33-32(36(52)44-38)41-18-47(33)30-12-25(61-31(49)17-56-37(53)24-10-20(3)23(6)21(4)11-24)28(60-30)16-58-63(55,57-9-8-40-7)62-26-13-29(59-27(26)15-48)46-14-22(5)35(51)45-39(46)54/h10-11,14,18-19,25-30,48H,8-9,12-13,15-17H2,1-6H3,(H,45,51,54)(H2,42,43,44,50,52). The number of imidazole rings is 1. The van der Waals surface area contributed by atoms with E-state index in [0.29, 0.717) is 0 Å². The molecule has 6 rings (SSSR count). The number of carbonyl (C=O) groups excluding carboxylic acids is 3. The molecule has 2 aliphatic heterocycles. The minimum atomic E-state index is -4.72. The molecule has 0 aliphatic carbocycles. The van der Waals surface area contributed by atoms with Crippen molar-refractivity contribution in [3.05, 3.63) is 95.1 Å². The number of phosphoric acid groups is 1. The van der Waals surface area contributed by atoms with Crippen LogP contribution in [-0.4, -0.2) is 109 Å². The summed E-state index contributed by atoms with van der Waals surface area (Å²) in [5, 5.41) is 12.7. The molecule has 0 radical (unpaired) electrons. The highest BCUT2D eigenvalue weighted by atomic mass is 31.2. The molecular weight excluding hydrogens is 851 g/mol. The molecule has 4 aromatic rings. The van der Waals surface area contributed by atoms with Gasteiger partial charge in [0.25, 0.3) is 11.1 Å². The molecule has 2 fully saturated rings. The lowest BCUT2D eigenvalue weighted by molar-refractivity contribution is -0.156. The van der Waals surface area contributed by atoms with E-state index in [1.807, 2.05) is 20.8 Å². The summed E-state index contributed by atoms with van der Waals surface area (Å²) in [6.07, 6.45) is -4.78. The summed E-state index contributed by atoms with van der Waals surface area (Å²) in [5.41, 5.74) is 0.937. The number of phosphoric ester groups is 1. The number of aliphatic hydroxyl groups excluding tert-OH is 1. The molecule has 1 aromatic carbocycles. The number of hydrogen-bond acceptors (Lipinski definition) is 17. The van der Waals surface area contributed by atoms with Crippen molar-refractivity contribution in [1.29, 1.82) is 0 Å². The first kappa shape index (κ1) is 46.6. The molecule has 338 valence electrons. The van der Waals surface area contributed by atoms with Crippen molar-refractivity contribution in [3.8, 4) is 0 Å². The van der Waals surface area contributed by atoms with Gasteiger partial charge in [0, 0.05) is 30.5 Å². The van der Waals surface area contributed by atoms with Crippen LogP contribution in [0.15, 0.2) is 39.0 Å². The van der Waals surface area contributed by atoms with Gasteiger partial charge in [0.15, 0.2) is 17.8 Å². The van der Waals surface area contributed by atoms with Crippen LogP contribution in [0.25, 0.3) is 16.0 Å². The lowest BCUT2D eigenvalue weighted by Gasteiger charge is -2.25. The Morgan fingerprint density at radius 1 is 0.984 bits per heavy atom. The van der Waals surface area contributed by atoms with Crippen molar-refractivity contribution in [3.63, 3.8) is 0 Å². The van der Waals surface area contributed by atoms with Crippen molar-refractivity contribution in [2.75, 3.05) is 38.3 Å². The van der Waals surface area contributed by atoms with Gasteiger partial charge < -0.3 is 28.9 Å². The van der Waals surface area contributed by atoms with E-state index < -0.39 is 112 Å². The van der Waals surface area contributed by atoms with E-state index >= 15 is 0 Å². The normalized spacial score (nSPS) is 21.9. The molecule has 7 unspecified atom stereocenters.